The first-order valence-corrected chi connectivity index (χ1v) is 8.61. The highest BCUT2D eigenvalue weighted by molar-refractivity contribution is 6.02. The zero-order valence-electron chi connectivity index (χ0n) is 15.6. The summed E-state index contributed by atoms with van der Waals surface area (Å²) < 4.78 is 10.6. The summed E-state index contributed by atoms with van der Waals surface area (Å²) >= 11 is 0. The first-order chi connectivity index (χ1) is 12.5. The molecule has 0 heterocycles. The molecule has 0 aliphatic heterocycles. The van der Waals surface area contributed by atoms with E-state index >= 15 is 0 Å². The van der Waals surface area contributed by atoms with Gasteiger partial charge in [0, 0.05) is 17.0 Å². The standard InChI is InChI=1S/C21H24N2O3/c1-14(17-11-10-16(25-3)12-19(17)26-4)22-23-20(24)18-13-21(18,2)15-8-6-5-7-9-15/h5-12,18H,13H2,1-4H3,(H,23,24)/t18-,21-/m0/s1. The summed E-state index contributed by atoms with van der Waals surface area (Å²) in [6.45, 7) is 3.96. The van der Waals surface area contributed by atoms with E-state index in [4.69, 9.17) is 9.47 Å². The Bertz CT molecular complexity index is 832. The number of methoxy groups -OCH3 is 2. The van der Waals surface area contributed by atoms with E-state index in [0.29, 0.717) is 17.2 Å². The van der Waals surface area contributed by atoms with Gasteiger partial charge in [0.25, 0.3) is 0 Å². The summed E-state index contributed by atoms with van der Waals surface area (Å²) in [5.41, 5.74) is 5.29. The molecule has 1 N–H and O–H groups in total. The Kier molecular flexibility index (Phi) is 4.98. The molecule has 0 aromatic heterocycles. The smallest absolute Gasteiger partial charge is 0.244 e. The highest BCUT2D eigenvalue weighted by Gasteiger charge is 2.55. The lowest BCUT2D eigenvalue weighted by Crippen LogP contribution is -2.24. The van der Waals surface area contributed by atoms with Gasteiger partial charge in [-0.3, -0.25) is 4.79 Å². The summed E-state index contributed by atoms with van der Waals surface area (Å²) in [6, 6.07) is 15.6. The number of carbonyl (C=O) groups is 1. The third kappa shape index (κ3) is 3.43. The Morgan fingerprint density at radius 3 is 2.54 bits per heavy atom. The van der Waals surface area contributed by atoms with E-state index in [-0.39, 0.29) is 17.2 Å². The van der Waals surface area contributed by atoms with Gasteiger partial charge in [-0.25, -0.2) is 5.43 Å². The highest BCUT2D eigenvalue weighted by Crippen LogP contribution is 2.53. The number of hydrazone groups is 1. The quantitative estimate of drug-likeness (QED) is 0.639. The topological polar surface area (TPSA) is 59.9 Å². The van der Waals surface area contributed by atoms with Gasteiger partial charge >= 0.3 is 0 Å². The van der Waals surface area contributed by atoms with Gasteiger partial charge in [0.2, 0.25) is 5.91 Å². The van der Waals surface area contributed by atoms with Crippen LogP contribution in [-0.4, -0.2) is 25.8 Å². The van der Waals surface area contributed by atoms with Crippen LogP contribution in [0.5, 0.6) is 11.5 Å². The SMILES string of the molecule is COc1ccc(C(C)=NNC(=O)[C@@H]2C[C@@]2(C)c2ccccc2)c(OC)c1. The number of nitrogens with zero attached hydrogens (tertiary/aromatic N) is 1. The molecule has 1 fully saturated rings. The predicted molar refractivity (Wildman–Crippen MR) is 102 cm³/mol. The molecule has 0 radical (unpaired) electrons. The first kappa shape index (κ1) is 18.0. The minimum absolute atomic E-state index is 0.0526. The Morgan fingerprint density at radius 1 is 1.15 bits per heavy atom. The summed E-state index contributed by atoms with van der Waals surface area (Å²) in [7, 11) is 3.20. The van der Waals surface area contributed by atoms with Gasteiger partial charge < -0.3 is 9.47 Å². The molecule has 5 nitrogen and oxygen atoms in total. The van der Waals surface area contributed by atoms with Crippen LogP contribution in [0.1, 0.15) is 31.4 Å². The molecule has 1 saturated carbocycles. The molecule has 0 bridgehead atoms. The lowest BCUT2D eigenvalue weighted by atomic mass is 9.95. The van der Waals surface area contributed by atoms with Crippen molar-refractivity contribution in [1.82, 2.24) is 5.43 Å². The first-order valence-electron chi connectivity index (χ1n) is 8.61. The zero-order valence-corrected chi connectivity index (χ0v) is 15.6. The summed E-state index contributed by atoms with van der Waals surface area (Å²) in [5.74, 6) is 1.25. The van der Waals surface area contributed by atoms with Crippen molar-refractivity contribution in [3.63, 3.8) is 0 Å². The molecule has 136 valence electrons. The van der Waals surface area contributed by atoms with Crippen molar-refractivity contribution in [2.75, 3.05) is 14.2 Å². The largest absolute Gasteiger partial charge is 0.497 e. The van der Waals surface area contributed by atoms with Crippen LogP contribution in [0.25, 0.3) is 0 Å². The molecule has 2 atom stereocenters. The maximum atomic E-state index is 12.5. The summed E-state index contributed by atoms with van der Waals surface area (Å²) in [6.07, 6.45) is 0.837. The molecule has 26 heavy (non-hydrogen) atoms. The molecule has 5 heteroatoms. The fourth-order valence-corrected chi connectivity index (χ4v) is 3.26. The van der Waals surface area contributed by atoms with E-state index in [1.807, 2.05) is 37.3 Å². The van der Waals surface area contributed by atoms with Crippen LogP contribution in [0.4, 0.5) is 0 Å². The van der Waals surface area contributed by atoms with Gasteiger partial charge in [0.15, 0.2) is 0 Å². The number of nitrogens with one attached hydrogen (secondary N) is 1. The van der Waals surface area contributed by atoms with Gasteiger partial charge in [-0.05, 0) is 31.0 Å². The van der Waals surface area contributed by atoms with Crippen LogP contribution in [-0.2, 0) is 10.2 Å². The number of rotatable bonds is 6. The van der Waals surface area contributed by atoms with Crippen molar-refractivity contribution >= 4 is 11.6 Å². The second-order valence-corrected chi connectivity index (χ2v) is 6.78. The number of benzene rings is 2. The van der Waals surface area contributed by atoms with E-state index in [1.54, 1.807) is 20.3 Å². The monoisotopic (exact) mass is 352 g/mol. The maximum absolute atomic E-state index is 12.5. The Morgan fingerprint density at radius 2 is 1.88 bits per heavy atom. The molecule has 1 amide bonds. The predicted octanol–water partition coefficient (Wildman–Crippen LogP) is 3.52. The number of hydrogen-bond donors (Lipinski definition) is 1. The molecular formula is C21H24N2O3. The third-order valence-corrected chi connectivity index (χ3v) is 5.12. The van der Waals surface area contributed by atoms with E-state index in [1.165, 1.54) is 5.56 Å². The normalized spacial score (nSPS) is 21.8. The number of amides is 1. The van der Waals surface area contributed by atoms with E-state index in [9.17, 15) is 4.79 Å². The maximum Gasteiger partial charge on any atom is 0.244 e. The number of hydrogen-bond acceptors (Lipinski definition) is 4. The van der Waals surface area contributed by atoms with E-state index < -0.39 is 0 Å². The fourth-order valence-electron chi connectivity index (χ4n) is 3.26. The lowest BCUT2D eigenvalue weighted by molar-refractivity contribution is -0.122. The van der Waals surface area contributed by atoms with Crippen LogP contribution in [0, 0.1) is 5.92 Å². The van der Waals surface area contributed by atoms with E-state index in [2.05, 4.69) is 29.6 Å². The van der Waals surface area contributed by atoms with Crippen molar-refractivity contribution in [2.45, 2.75) is 25.7 Å². The van der Waals surface area contributed by atoms with Crippen molar-refractivity contribution < 1.29 is 14.3 Å². The average molecular weight is 352 g/mol. The molecule has 1 aliphatic carbocycles. The molecule has 2 aromatic rings. The van der Waals surface area contributed by atoms with Crippen LogP contribution in [0.15, 0.2) is 53.6 Å². The molecule has 0 spiro atoms. The number of carbonyl (C=O) groups excluding carboxylic acids is 1. The second-order valence-electron chi connectivity index (χ2n) is 6.78. The van der Waals surface area contributed by atoms with Crippen LogP contribution < -0.4 is 14.9 Å². The fraction of sp³-hybridized carbons (Fsp3) is 0.333. The van der Waals surface area contributed by atoms with Gasteiger partial charge in [0.1, 0.15) is 11.5 Å². The van der Waals surface area contributed by atoms with Crippen molar-refractivity contribution in [3.8, 4) is 11.5 Å². The Labute approximate surface area is 154 Å². The third-order valence-electron chi connectivity index (χ3n) is 5.12. The van der Waals surface area contributed by atoms with E-state index in [0.717, 1.165) is 12.0 Å². The van der Waals surface area contributed by atoms with Crippen LogP contribution in [0.2, 0.25) is 0 Å². The molecule has 0 saturated heterocycles. The average Bonchev–Trinajstić information content (AvgIpc) is 3.39. The molecule has 2 aromatic carbocycles. The van der Waals surface area contributed by atoms with Gasteiger partial charge in [-0.2, -0.15) is 5.10 Å². The minimum Gasteiger partial charge on any atom is -0.497 e. The Hall–Kier alpha value is -2.82. The molecule has 0 unspecified atom stereocenters. The molecule has 3 rings (SSSR count). The number of ether oxygens (including phenoxy) is 2. The molecular weight excluding hydrogens is 328 g/mol. The minimum atomic E-state index is -0.105. The highest BCUT2D eigenvalue weighted by atomic mass is 16.5. The van der Waals surface area contributed by atoms with Crippen molar-refractivity contribution in [3.05, 3.63) is 59.7 Å². The van der Waals surface area contributed by atoms with Crippen LogP contribution in [0.3, 0.4) is 0 Å². The molecule has 1 aliphatic rings. The van der Waals surface area contributed by atoms with Gasteiger partial charge in [-0.1, -0.05) is 37.3 Å². The van der Waals surface area contributed by atoms with Gasteiger partial charge in [-0.15, -0.1) is 0 Å². The summed E-state index contributed by atoms with van der Waals surface area (Å²) in [4.78, 5) is 12.5. The Balaban J connectivity index is 1.70. The van der Waals surface area contributed by atoms with Gasteiger partial charge in [0.05, 0.1) is 25.8 Å². The second kappa shape index (κ2) is 7.20. The zero-order chi connectivity index (χ0) is 18.7. The van der Waals surface area contributed by atoms with Crippen molar-refractivity contribution in [2.24, 2.45) is 11.0 Å². The van der Waals surface area contributed by atoms with Crippen LogP contribution >= 0.6 is 0 Å². The summed E-state index contributed by atoms with van der Waals surface area (Å²) in [5, 5.41) is 4.28. The van der Waals surface area contributed by atoms with Crippen molar-refractivity contribution in [1.29, 1.82) is 0 Å². The lowest BCUT2D eigenvalue weighted by Gasteiger charge is -2.12.